The lowest BCUT2D eigenvalue weighted by molar-refractivity contribution is -0.121. The van der Waals surface area contributed by atoms with Gasteiger partial charge in [0.2, 0.25) is 0 Å². The van der Waals surface area contributed by atoms with Crippen molar-refractivity contribution in [2.45, 2.75) is 44.8 Å². The van der Waals surface area contributed by atoms with E-state index in [1.807, 2.05) is 0 Å². The fourth-order valence-corrected chi connectivity index (χ4v) is 6.08. The minimum absolute atomic E-state index is 0.0368. The van der Waals surface area contributed by atoms with Crippen LogP contribution in [0.3, 0.4) is 0 Å². The highest BCUT2D eigenvalue weighted by atomic mass is 16.1. The molecule has 1 unspecified atom stereocenters. The summed E-state index contributed by atoms with van der Waals surface area (Å²) in [5, 5.41) is 1.32. The summed E-state index contributed by atoms with van der Waals surface area (Å²) < 4.78 is 0. The normalized spacial score (nSPS) is 26.8. The highest BCUT2D eigenvalue weighted by Gasteiger charge is 2.49. The molecule has 2 aliphatic rings. The first-order chi connectivity index (χ1) is 14.7. The number of aromatic nitrogens is 1. The molecular weight excluding hydrogens is 368 g/mol. The molecule has 0 amide bonds. The third-order valence-electron chi connectivity index (χ3n) is 7.54. The first kappa shape index (κ1) is 19.3. The van der Waals surface area contributed by atoms with Gasteiger partial charge >= 0.3 is 0 Å². The largest absolute Gasteiger partial charge is 0.357 e. The van der Waals surface area contributed by atoms with Crippen molar-refractivity contribution in [2.24, 2.45) is 17.8 Å². The molecule has 3 nitrogen and oxygen atoms in total. The SMILES string of the molecule is C=C[C@@H](CC)C1C[C@H]2c3[nH]c4ccccc4c3C[C@@H]([C@@H]1C=O)N2Cc1ccccc1. The summed E-state index contributed by atoms with van der Waals surface area (Å²) in [7, 11) is 0. The Labute approximate surface area is 178 Å². The number of aldehydes is 1. The van der Waals surface area contributed by atoms with Crippen LogP contribution in [0.5, 0.6) is 0 Å². The lowest BCUT2D eigenvalue weighted by atomic mass is 9.66. The van der Waals surface area contributed by atoms with Crippen molar-refractivity contribution < 1.29 is 4.79 Å². The molecule has 1 N–H and O–H groups in total. The second-order valence-corrected chi connectivity index (χ2v) is 8.93. The van der Waals surface area contributed by atoms with Crippen molar-refractivity contribution in [2.75, 3.05) is 0 Å². The van der Waals surface area contributed by atoms with Crippen molar-refractivity contribution in [3.63, 3.8) is 0 Å². The van der Waals surface area contributed by atoms with Crippen LogP contribution in [-0.2, 0) is 17.8 Å². The van der Waals surface area contributed by atoms with E-state index in [0.717, 1.165) is 25.8 Å². The first-order valence-electron chi connectivity index (χ1n) is 11.2. The number of piperidine rings is 1. The number of nitrogens with one attached hydrogen (secondary N) is 1. The highest BCUT2D eigenvalue weighted by Crippen LogP contribution is 2.50. The third kappa shape index (κ3) is 3.04. The van der Waals surface area contributed by atoms with Crippen LogP contribution < -0.4 is 0 Å². The summed E-state index contributed by atoms with van der Waals surface area (Å²) in [5.41, 5.74) is 5.30. The molecule has 1 saturated heterocycles. The van der Waals surface area contributed by atoms with E-state index in [1.165, 1.54) is 34.0 Å². The van der Waals surface area contributed by atoms with Crippen LogP contribution in [0.2, 0.25) is 0 Å². The van der Waals surface area contributed by atoms with Gasteiger partial charge in [0.25, 0.3) is 0 Å². The number of aromatic amines is 1. The number of carbonyl (C=O) groups excluding carboxylic acids is 1. The van der Waals surface area contributed by atoms with Crippen LogP contribution in [0.1, 0.15) is 42.6 Å². The summed E-state index contributed by atoms with van der Waals surface area (Å²) in [6.07, 6.45) is 6.29. The van der Waals surface area contributed by atoms with Gasteiger partial charge in [-0.25, -0.2) is 0 Å². The number of H-pyrrole nitrogens is 1. The van der Waals surface area contributed by atoms with Gasteiger partial charge in [0, 0.05) is 35.1 Å². The molecule has 0 spiro atoms. The lowest BCUT2D eigenvalue weighted by Gasteiger charge is -2.53. The molecule has 2 aliphatic heterocycles. The smallest absolute Gasteiger partial charge is 0.124 e. The topological polar surface area (TPSA) is 36.1 Å². The maximum atomic E-state index is 12.4. The predicted octanol–water partition coefficient (Wildman–Crippen LogP) is 5.68. The zero-order chi connectivity index (χ0) is 20.7. The van der Waals surface area contributed by atoms with Crippen LogP contribution in [0, 0.1) is 17.8 Å². The maximum Gasteiger partial charge on any atom is 0.124 e. The van der Waals surface area contributed by atoms with Gasteiger partial charge in [0.15, 0.2) is 0 Å². The van der Waals surface area contributed by atoms with E-state index in [9.17, 15) is 4.79 Å². The molecular formula is C27H30N2O. The Kier molecular flexibility index (Phi) is 5.08. The standard InChI is InChI=1S/C27H30N2O/c1-3-19(4-2)21-14-26-27-22(20-12-8-9-13-24(20)28-27)15-25(23(21)17-30)29(26)16-18-10-6-5-7-11-18/h3,5-13,17,19,21,23,25-26,28H,1,4,14-16H2,2H3/t19-,21?,23+,25-,26-/m0/s1. The fourth-order valence-electron chi connectivity index (χ4n) is 6.08. The maximum absolute atomic E-state index is 12.4. The average Bonchev–Trinajstić information content (AvgIpc) is 3.14. The molecule has 2 aromatic carbocycles. The zero-order valence-corrected chi connectivity index (χ0v) is 17.6. The van der Waals surface area contributed by atoms with E-state index in [4.69, 9.17) is 0 Å². The Bertz CT molecular complexity index is 1050. The predicted molar refractivity (Wildman–Crippen MR) is 122 cm³/mol. The van der Waals surface area contributed by atoms with Crippen LogP contribution in [-0.4, -0.2) is 22.2 Å². The van der Waals surface area contributed by atoms with Crippen molar-refractivity contribution in [3.8, 4) is 0 Å². The van der Waals surface area contributed by atoms with E-state index >= 15 is 0 Å². The number of benzene rings is 2. The molecule has 1 aromatic heterocycles. The van der Waals surface area contributed by atoms with Crippen molar-refractivity contribution >= 4 is 17.2 Å². The summed E-state index contributed by atoms with van der Waals surface area (Å²) in [5.74, 6) is 0.774. The van der Waals surface area contributed by atoms with Gasteiger partial charge in [-0.15, -0.1) is 6.58 Å². The van der Waals surface area contributed by atoms with Crippen LogP contribution >= 0.6 is 0 Å². The number of rotatable bonds is 6. The molecule has 3 heteroatoms. The molecule has 5 atom stereocenters. The first-order valence-corrected chi connectivity index (χ1v) is 11.2. The van der Waals surface area contributed by atoms with Gasteiger partial charge < -0.3 is 9.78 Å². The highest BCUT2D eigenvalue weighted by molar-refractivity contribution is 5.85. The average molecular weight is 399 g/mol. The third-order valence-corrected chi connectivity index (χ3v) is 7.54. The van der Waals surface area contributed by atoms with Gasteiger partial charge in [-0.2, -0.15) is 0 Å². The van der Waals surface area contributed by atoms with Gasteiger partial charge in [0.1, 0.15) is 6.29 Å². The summed E-state index contributed by atoms with van der Waals surface area (Å²) in [6.45, 7) is 7.20. The van der Waals surface area contributed by atoms with Gasteiger partial charge in [0.05, 0.1) is 6.04 Å². The van der Waals surface area contributed by atoms with Crippen molar-refractivity contribution in [3.05, 3.63) is 84.1 Å². The Morgan fingerprint density at radius 1 is 1.17 bits per heavy atom. The van der Waals surface area contributed by atoms with E-state index in [-0.39, 0.29) is 12.0 Å². The van der Waals surface area contributed by atoms with E-state index in [2.05, 4.69) is 84.1 Å². The Hall–Kier alpha value is -2.65. The number of fused-ring (bicyclic) bond motifs is 6. The quantitative estimate of drug-likeness (QED) is 0.428. The summed E-state index contributed by atoms with van der Waals surface area (Å²) in [4.78, 5) is 18.8. The lowest BCUT2D eigenvalue weighted by Crippen LogP contribution is -2.55. The number of para-hydroxylation sites is 1. The molecule has 2 bridgehead atoms. The van der Waals surface area contributed by atoms with Gasteiger partial charge in [-0.1, -0.05) is 61.5 Å². The second-order valence-electron chi connectivity index (χ2n) is 8.93. The van der Waals surface area contributed by atoms with Gasteiger partial charge in [-0.05, 0) is 48.3 Å². The Morgan fingerprint density at radius 3 is 2.67 bits per heavy atom. The molecule has 5 rings (SSSR count). The molecule has 0 saturated carbocycles. The number of hydrogen-bond donors (Lipinski definition) is 1. The molecule has 1 fully saturated rings. The minimum atomic E-state index is 0.0368. The fraction of sp³-hybridized carbons (Fsp3) is 0.370. The van der Waals surface area contributed by atoms with Gasteiger partial charge in [-0.3, -0.25) is 4.90 Å². The molecule has 154 valence electrons. The molecule has 3 aromatic rings. The molecule has 0 radical (unpaired) electrons. The number of carbonyl (C=O) groups is 1. The number of nitrogens with zero attached hydrogens (tertiary/aromatic N) is 1. The Morgan fingerprint density at radius 2 is 1.93 bits per heavy atom. The molecule has 3 heterocycles. The minimum Gasteiger partial charge on any atom is -0.357 e. The summed E-state index contributed by atoms with van der Waals surface area (Å²) in [6, 6.07) is 19.8. The number of allylic oxidation sites excluding steroid dienone is 1. The second kappa shape index (κ2) is 7.88. The van der Waals surface area contributed by atoms with Crippen molar-refractivity contribution in [1.29, 1.82) is 0 Å². The van der Waals surface area contributed by atoms with E-state index in [0.29, 0.717) is 17.9 Å². The zero-order valence-electron chi connectivity index (χ0n) is 17.6. The summed E-state index contributed by atoms with van der Waals surface area (Å²) >= 11 is 0. The van der Waals surface area contributed by atoms with Crippen molar-refractivity contribution in [1.82, 2.24) is 9.88 Å². The molecule has 0 aliphatic carbocycles. The number of hydrogen-bond acceptors (Lipinski definition) is 2. The van der Waals surface area contributed by atoms with Crippen LogP contribution in [0.4, 0.5) is 0 Å². The Balaban J connectivity index is 1.62. The van der Waals surface area contributed by atoms with E-state index in [1.54, 1.807) is 0 Å². The van der Waals surface area contributed by atoms with Crippen LogP contribution in [0.15, 0.2) is 67.3 Å². The monoisotopic (exact) mass is 398 g/mol. The van der Waals surface area contributed by atoms with E-state index < -0.39 is 0 Å². The molecule has 30 heavy (non-hydrogen) atoms. The van der Waals surface area contributed by atoms with Crippen LogP contribution in [0.25, 0.3) is 10.9 Å².